The van der Waals surface area contributed by atoms with Crippen molar-refractivity contribution >= 4 is 29.2 Å². The van der Waals surface area contributed by atoms with Crippen molar-refractivity contribution in [2.24, 2.45) is 0 Å². The number of hydrogen-bond donors (Lipinski definition) is 1. The molecule has 4 rings (SSSR count). The number of anilines is 1. The van der Waals surface area contributed by atoms with Gasteiger partial charge in [-0.05, 0) is 41.0 Å². The summed E-state index contributed by atoms with van der Waals surface area (Å²) in [5, 5.41) is 11.2. The van der Waals surface area contributed by atoms with Gasteiger partial charge in [-0.15, -0.1) is 0 Å². The molecule has 0 saturated heterocycles. The van der Waals surface area contributed by atoms with E-state index in [0.717, 1.165) is 24.1 Å². The zero-order valence-electron chi connectivity index (χ0n) is 20.4. The van der Waals surface area contributed by atoms with Crippen LogP contribution < -0.4 is 9.64 Å². The lowest BCUT2D eigenvalue weighted by Gasteiger charge is -2.39. The van der Waals surface area contributed by atoms with Crippen LogP contribution in [0.3, 0.4) is 0 Å². The molecule has 1 aliphatic heterocycles. The van der Waals surface area contributed by atoms with E-state index >= 15 is 0 Å². The first-order valence-electron chi connectivity index (χ1n) is 11.3. The molecule has 1 amide bonds. The van der Waals surface area contributed by atoms with Gasteiger partial charge in [0.05, 0.1) is 18.4 Å². The predicted molar refractivity (Wildman–Crippen MR) is 132 cm³/mol. The van der Waals surface area contributed by atoms with Gasteiger partial charge in [-0.2, -0.15) is 13.2 Å². The van der Waals surface area contributed by atoms with E-state index in [1.807, 2.05) is 0 Å². The van der Waals surface area contributed by atoms with Crippen LogP contribution >= 0.6 is 11.6 Å². The number of carbonyl (C=O) groups excluding carboxylic acids is 2. The largest absolute Gasteiger partial charge is 0.481 e. The number of fused-ring (bicyclic) bond motifs is 1. The van der Waals surface area contributed by atoms with Gasteiger partial charge < -0.3 is 19.5 Å². The second kappa shape index (κ2) is 9.92. The number of benzene rings is 3. The van der Waals surface area contributed by atoms with E-state index in [4.69, 9.17) is 16.3 Å². The van der Waals surface area contributed by atoms with Gasteiger partial charge in [-0.25, -0.2) is 9.18 Å². The van der Waals surface area contributed by atoms with Gasteiger partial charge in [0, 0.05) is 23.6 Å². The number of aliphatic hydroxyl groups is 1. The van der Waals surface area contributed by atoms with E-state index in [1.165, 1.54) is 56.4 Å². The number of esters is 1. The number of likely N-dealkylation sites (N-methyl/N-ethyl adjacent to an activating group) is 1. The van der Waals surface area contributed by atoms with Gasteiger partial charge in [0.2, 0.25) is 0 Å². The maximum Gasteiger partial charge on any atom is 0.422 e. The predicted octanol–water partition coefficient (Wildman–Crippen LogP) is 5.84. The van der Waals surface area contributed by atoms with Crippen LogP contribution in [0, 0.1) is 5.82 Å². The number of carbonyl (C=O) groups is 2. The molecule has 3 aromatic rings. The summed E-state index contributed by atoms with van der Waals surface area (Å²) in [4.78, 5) is 24.8. The average Bonchev–Trinajstić information content (AvgIpc) is 2.88. The Morgan fingerprint density at radius 1 is 1.13 bits per heavy atom. The molecule has 11 heteroatoms. The molecule has 2 unspecified atom stereocenters. The van der Waals surface area contributed by atoms with Gasteiger partial charge in [-0.3, -0.25) is 4.79 Å². The summed E-state index contributed by atoms with van der Waals surface area (Å²) in [6, 6.07) is 11.7. The van der Waals surface area contributed by atoms with Crippen molar-refractivity contribution in [3.63, 3.8) is 0 Å². The van der Waals surface area contributed by atoms with Crippen LogP contribution in [0.25, 0.3) is 11.1 Å². The zero-order valence-corrected chi connectivity index (χ0v) is 21.2. The first-order valence-corrected chi connectivity index (χ1v) is 11.7. The van der Waals surface area contributed by atoms with Crippen LogP contribution in [0.15, 0.2) is 54.6 Å². The van der Waals surface area contributed by atoms with Gasteiger partial charge in [0.1, 0.15) is 11.6 Å². The maximum atomic E-state index is 14.6. The first kappa shape index (κ1) is 27.4. The summed E-state index contributed by atoms with van der Waals surface area (Å²) in [6.07, 6.45) is -5.17. The van der Waals surface area contributed by atoms with E-state index < -0.39 is 47.6 Å². The standard InChI is InChI=1S/C27H22ClF4NO5/c1-14(17-9-7-15(11-20(17)28)16-8-10-18(21(29)12-16)25(35)37-3)26(36,27(30,31)32)19-5-4-6-22-24(19)38-13-23(34)33(22)2/h4-12,14,36H,13H2,1-3H3. The Labute approximate surface area is 220 Å². The van der Waals surface area contributed by atoms with Crippen LogP contribution in [0.4, 0.5) is 23.2 Å². The Morgan fingerprint density at radius 2 is 1.79 bits per heavy atom. The minimum absolute atomic E-state index is 0.0280. The molecule has 1 aliphatic rings. The quantitative estimate of drug-likeness (QED) is 0.318. The Hall–Kier alpha value is -3.63. The van der Waals surface area contributed by atoms with E-state index in [9.17, 15) is 32.3 Å². The molecule has 0 aromatic heterocycles. The minimum Gasteiger partial charge on any atom is -0.481 e. The van der Waals surface area contributed by atoms with Gasteiger partial charge in [-0.1, -0.05) is 48.9 Å². The number of amides is 1. The lowest BCUT2D eigenvalue weighted by atomic mass is 9.76. The number of halogens is 5. The number of hydrogen-bond acceptors (Lipinski definition) is 5. The van der Waals surface area contributed by atoms with Crippen molar-refractivity contribution in [1.82, 2.24) is 0 Å². The Bertz CT molecular complexity index is 1430. The smallest absolute Gasteiger partial charge is 0.422 e. The molecule has 1 N–H and O–H groups in total. The molecule has 1 heterocycles. The molecule has 0 fully saturated rings. The third kappa shape index (κ3) is 4.48. The lowest BCUT2D eigenvalue weighted by Crippen LogP contribution is -2.47. The molecular formula is C27H22ClF4NO5. The van der Waals surface area contributed by atoms with Crippen molar-refractivity contribution in [3.05, 3.63) is 82.1 Å². The van der Waals surface area contributed by atoms with Crippen LogP contribution in [-0.4, -0.2) is 43.9 Å². The molecule has 0 aliphatic carbocycles. The fourth-order valence-corrected chi connectivity index (χ4v) is 4.83. The van der Waals surface area contributed by atoms with Crippen molar-refractivity contribution in [3.8, 4) is 16.9 Å². The van der Waals surface area contributed by atoms with Crippen LogP contribution in [0.5, 0.6) is 5.75 Å². The number of methoxy groups -OCH3 is 1. The van der Waals surface area contributed by atoms with Gasteiger partial charge in [0.15, 0.2) is 12.2 Å². The molecule has 0 saturated carbocycles. The fourth-order valence-electron chi connectivity index (χ4n) is 4.49. The monoisotopic (exact) mass is 551 g/mol. The Kier molecular flexibility index (Phi) is 7.15. The van der Waals surface area contributed by atoms with Crippen molar-refractivity contribution in [2.45, 2.75) is 24.6 Å². The molecule has 3 aromatic carbocycles. The molecule has 38 heavy (non-hydrogen) atoms. The summed E-state index contributed by atoms with van der Waals surface area (Å²) in [7, 11) is 2.52. The third-order valence-electron chi connectivity index (χ3n) is 6.71. The Morgan fingerprint density at radius 3 is 2.39 bits per heavy atom. The molecule has 0 bridgehead atoms. The summed E-state index contributed by atoms with van der Waals surface area (Å²) in [6.45, 7) is 0.694. The number of nitrogens with zero attached hydrogens (tertiary/aromatic N) is 1. The molecule has 2 atom stereocenters. The molecule has 6 nitrogen and oxygen atoms in total. The average molecular weight is 552 g/mol. The minimum atomic E-state index is -5.17. The SMILES string of the molecule is COC(=O)c1ccc(-c2ccc(C(C)C(O)(c3cccc4c3OCC(=O)N4C)C(F)(F)F)c(Cl)c2)cc1F. The highest BCUT2D eigenvalue weighted by Gasteiger charge is 2.60. The Balaban J connectivity index is 1.78. The van der Waals surface area contributed by atoms with Gasteiger partial charge >= 0.3 is 12.1 Å². The first-order chi connectivity index (χ1) is 17.8. The second-order valence-corrected chi connectivity index (χ2v) is 9.21. The summed E-state index contributed by atoms with van der Waals surface area (Å²) < 4.78 is 68.1. The van der Waals surface area contributed by atoms with Crippen LogP contribution in [0.1, 0.15) is 34.3 Å². The van der Waals surface area contributed by atoms with Crippen LogP contribution in [-0.2, 0) is 15.1 Å². The van der Waals surface area contributed by atoms with Gasteiger partial charge in [0.25, 0.3) is 5.91 Å². The van der Waals surface area contributed by atoms with Crippen LogP contribution in [0.2, 0.25) is 5.02 Å². The lowest BCUT2D eigenvalue weighted by molar-refractivity contribution is -0.275. The molecule has 200 valence electrons. The summed E-state index contributed by atoms with van der Waals surface area (Å²) in [5.74, 6) is -4.03. The fraction of sp³-hybridized carbons (Fsp3) is 0.259. The number of rotatable bonds is 5. The zero-order chi connectivity index (χ0) is 28.0. The van der Waals surface area contributed by atoms with Crippen molar-refractivity contribution in [2.75, 3.05) is 25.7 Å². The highest BCUT2D eigenvalue weighted by molar-refractivity contribution is 6.31. The third-order valence-corrected chi connectivity index (χ3v) is 7.04. The summed E-state index contributed by atoms with van der Waals surface area (Å²) >= 11 is 6.42. The topological polar surface area (TPSA) is 76.1 Å². The second-order valence-electron chi connectivity index (χ2n) is 8.80. The molecular weight excluding hydrogens is 530 g/mol. The highest BCUT2D eigenvalue weighted by Crippen LogP contribution is 2.54. The number of para-hydroxylation sites is 1. The number of ether oxygens (including phenoxy) is 2. The van der Waals surface area contributed by atoms with E-state index in [1.54, 1.807) is 0 Å². The van der Waals surface area contributed by atoms with E-state index in [2.05, 4.69) is 4.74 Å². The van der Waals surface area contributed by atoms with E-state index in [0.29, 0.717) is 11.1 Å². The van der Waals surface area contributed by atoms with Crippen molar-refractivity contribution < 1.29 is 41.7 Å². The summed E-state index contributed by atoms with van der Waals surface area (Å²) in [5.41, 5.74) is -3.53. The van der Waals surface area contributed by atoms with E-state index in [-0.39, 0.29) is 27.6 Å². The normalized spacial score (nSPS) is 15.8. The molecule has 0 radical (unpaired) electrons. The molecule has 0 spiro atoms. The maximum absolute atomic E-state index is 14.6. The number of alkyl halides is 3. The highest BCUT2D eigenvalue weighted by atomic mass is 35.5. The van der Waals surface area contributed by atoms with Crippen molar-refractivity contribution in [1.29, 1.82) is 0 Å².